The molecule has 0 unspecified atom stereocenters. The van der Waals surface area contributed by atoms with Gasteiger partial charge >= 0.3 is 0 Å². The Morgan fingerprint density at radius 2 is 1.92 bits per heavy atom. The monoisotopic (exact) mass is 234 g/mol. The van der Waals surface area contributed by atoms with E-state index in [-0.39, 0.29) is 0 Å². The molecule has 0 saturated carbocycles. The molecule has 0 bridgehead atoms. The first-order chi connectivity index (χ1) is 5.93. The lowest BCUT2D eigenvalue weighted by Gasteiger charge is -2.13. The molecule has 1 fully saturated rings. The average molecular weight is 235 g/mol. The third-order valence-electron chi connectivity index (χ3n) is 2.30. The first-order valence-corrected chi connectivity index (χ1v) is 6.04. The quantitative estimate of drug-likeness (QED) is 0.554. The maximum Gasteiger partial charge on any atom is 0.0157 e. The van der Waals surface area contributed by atoms with Crippen molar-refractivity contribution in [2.75, 3.05) is 38.1 Å². The number of hydrogen-bond acceptors (Lipinski definition) is 2. The van der Waals surface area contributed by atoms with Crippen LogP contribution in [0.25, 0.3) is 0 Å². The van der Waals surface area contributed by atoms with Gasteiger partial charge in [-0.05, 0) is 45.4 Å². The maximum absolute atomic E-state index is 3.39. The molecule has 0 aliphatic carbocycles. The Hall–Kier alpha value is 0.400. The summed E-state index contributed by atoms with van der Waals surface area (Å²) in [6.45, 7) is 6.22. The molecule has 2 nitrogen and oxygen atoms in total. The average Bonchev–Trinajstić information content (AvgIpc) is 2.57. The predicted octanol–water partition coefficient (Wildman–Crippen LogP) is 1.46. The molecule has 0 aromatic rings. The molecule has 0 aromatic carbocycles. The van der Waals surface area contributed by atoms with Crippen LogP contribution in [0.3, 0.4) is 0 Å². The van der Waals surface area contributed by atoms with E-state index in [0.717, 1.165) is 11.9 Å². The highest BCUT2D eigenvalue weighted by Crippen LogP contribution is 2.06. The fraction of sp³-hybridized carbons (Fsp3) is 1.00. The zero-order chi connectivity index (χ0) is 8.65. The summed E-state index contributed by atoms with van der Waals surface area (Å²) in [6.07, 6.45) is 4.12. The summed E-state index contributed by atoms with van der Waals surface area (Å²) in [4.78, 5) is 2.57. The van der Waals surface area contributed by atoms with E-state index in [4.69, 9.17) is 0 Å². The van der Waals surface area contributed by atoms with Gasteiger partial charge in [0.05, 0.1) is 0 Å². The van der Waals surface area contributed by atoms with Crippen LogP contribution in [-0.4, -0.2) is 43.0 Å². The fourth-order valence-corrected chi connectivity index (χ4v) is 1.91. The zero-order valence-corrected chi connectivity index (χ0v) is 9.28. The maximum atomic E-state index is 3.39. The standard InChI is InChI=1S/C9H19BrN2/c10-4-6-11-5-3-9-12-7-1-2-8-12/h11H,1-9H2. The van der Waals surface area contributed by atoms with Crippen LogP contribution in [0.1, 0.15) is 19.3 Å². The van der Waals surface area contributed by atoms with Crippen molar-refractivity contribution in [2.45, 2.75) is 19.3 Å². The number of likely N-dealkylation sites (tertiary alicyclic amines) is 1. The molecule has 0 amide bonds. The first-order valence-electron chi connectivity index (χ1n) is 4.92. The number of nitrogens with zero attached hydrogens (tertiary/aromatic N) is 1. The van der Waals surface area contributed by atoms with Gasteiger partial charge < -0.3 is 10.2 Å². The van der Waals surface area contributed by atoms with Gasteiger partial charge in [0, 0.05) is 11.9 Å². The number of halogens is 1. The number of rotatable bonds is 6. The highest BCUT2D eigenvalue weighted by molar-refractivity contribution is 9.09. The van der Waals surface area contributed by atoms with Gasteiger partial charge in [-0.2, -0.15) is 0 Å². The largest absolute Gasteiger partial charge is 0.316 e. The lowest BCUT2D eigenvalue weighted by molar-refractivity contribution is 0.331. The molecule has 1 saturated heterocycles. The molecule has 3 heteroatoms. The highest BCUT2D eigenvalue weighted by Gasteiger charge is 2.09. The van der Waals surface area contributed by atoms with Crippen molar-refractivity contribution in [1.82, 2.24) is 10.2 Å². The van der Waals surface area contributed by atoms with E-state index in [2.05, 4.69) is 26.1 Å². The molecule has 1 aliphatic heterocycles. The fourth-order valence-electron chi connectivity index (χ4n) is 1.63. The molecule has 0 spiro atoms. The summed E-state index contributed by atoms with van der Waals surface area (Å²) >= 11 is 3.39. The number of hydrogen-bond donors (Lipinski definition) is 1. The third-order valence-corrected chi connectivity index (χ3v) is 2.69. The first kappa shape index (κ1) is 10.5. The Labute approximate surface area is 83.8 Å². The summed E-state index contributed by atoms with van der Waals surface area (Å²) in [5.41, 5.74) is 0. The van der Waals surface area contributed by atoms with Crippen LogP contribution in [0.5, 0.6) is 0 Å². The zero-order valence-electron chi connectivity index (χ0n) is 7.69. The molecule has 0 atom stereocenters. The van der Waals surface area contributed by atoms with Crippen molar-refractivity contribution < 1.29 is 0 Å². The smallest absolute Gasteiger partial charge is 0.0157 e. The van der Waals surface area contributed by atoms with Crippen molar-refractivity contribution in [3.63, 3.8) is 0 Å². The molecule has 12 heavy (non-hydrogen) atoms. The van der Waals surface area contributed by atoms with Crippen LogP contribution in [0.4, 0.5) is 0 Å². The van der Waals surface area contributed by atoms with E-state index in [1.807, 2.05) is 0 Å². The van der Waals surface area contributed by atoms with E-state index < -0.39 is 0 Å². The van der Waals surface area contributed by atoms with Crippen molar-refractivity contribution in [3.05, 3.63) is 0 Å². The van der Waals surface area contributed by atoms with Crippen LogP contribution >= 0.6 is 15.9 Å². The second-order valence-corrected chi connectivity index (χ2v) is 4.13. The van der Waals surface area contributed by atoms with Crippen molar-refractivity contribution in [2.24, 2.45) is 0 Å². The SMILES string of the molecule is BrCCNCCCN1CCCC1. The van der Waals surface area contributed by atoms with Crippen LogP contribution in [0.2, 0.25) is 0 Å². The topological polar surface area (TPSA) is 15.3 Å². The molecule has 1 rings (SSSR count). The van der Waals surface area contributed by atoms with Crippen molar-refractivity contribution >= 4 is 15.9 Å². The molecule has 0 radical (unpaired) electrons. The van der Waals surface area contributed by atoms with E-state index in [1.165, 1.54) is 45.4 Å². The van der Waals surface area contributed by atoms with Gasteiger partial charge in [-0.15, -0.1) is 0 Å². The lowest BCUT2D eigenvalue weighted by atomic mass is 10.4. The van der Waals surface area contributed by atoms with Gasteiger partial charge in [0.25, 0.3) is 0 Å². The van der Waals surface area contributed by atoms with Gasteiger partial charge in [0.1, 0.15) is 0 Å². The molecule has 0 aromatic heterocycles. The van der Waals surface area contributed by atoms with Crippen molar-refractivity contribution in [1.29, 1.82) is 0 Å². The minimum absolute atomic E-state index is 1.07. The Kier molecular flexibility index (Phi) is 6.00. The van der Waals surface area contributed by atoms with E-state index in [1.54, 1.807) is 0 Å². The predicted molar refractivity (Wildman–Crippen MR) is 57.0 cm³/mol. The second-order valence-electron chi connectivity index (χ2n) is 3.34. The number of nitrogens with one attached hydrogen (secondary N) is 1. The van der Waals surface area contributed by atoms with E-state index in [9.17, 15) is 0 Å². The van der Waals surface area contributed by atoms with Gasteiger partial charge in [0.15, 0.2) is 0 Å². The van der Waals surface area contributed by atoms with Crippen LogP contribution < -0.4 is 5.32 Å². The minimum Gasteiger partial charge on any atom is -0.316 e. The van der Waals surface area contributed by atoms with Gasteiger partial charge in [0.2, 0.25) is 0 Å². The minimum atomic E-state index is 1.07. The molecule has 1 heterocycles. The summed E-state index contributed by atoms with van der Waals surface area (Å²) < 4.78 is 0. The van der Waals surface area contributed by atoms with E-state index >= 15 is 0 Å². The molecular weight excluding hydrogens is 216 g/mol. The lowest BCUT2D eigenvalue weighted by Crippen LogP contribution is -2.25. The van der Waals surface area contributed by atoms with Crippen LogP contribution in [0, 0.1) is 0 Å². The molecule has 72 valence electrons. The molecule has 1 N–H and O–H groups in total. The molecular formula is C9H19BrN2. The van der Waals surface area contributed by atoms with Gasteiger partial charge in [-0.1, -0.05) is 15.9 Å². The number of alkyl halides is 1. The Balaban J connectivity index is 1.81. The van der Waals surface area contributed by atoms with E-state index in [0.29, 0.717) is 0 Å². The normalized spacial score (nSPS) is 18.8. The Morgan fingerprint density at radius 1 is 1.17 bits per heavy atom. The van der Waals surface area contributed by atoms with Crippen molar-refractivity contribution in [3.8, 4) is 0 Å². The van der Waals surface area contributed by atoms with Crippen LogP contribution in [-0.2, 0) is 0 Å². The Morgan fingerprint density at radius 3 is 2.58 bits per heavy atom. The Bertz CT molecular complexity index is 103. The molecule has 1 aliphatic rings. The second kappa shape index (κ2) is 6.87. The highest BCUT2D eigenvalue weighted by atomic mass is 79.9. The summed E-state index contributed by atoms with van der Waals surface area (Å²) in [6, 6.07) is 0. The summed E-state index contributed by atoms with van der Waals surface area (Å²) in [5.74, 6) is 0. The summed E-state index contributed by atoms with van der Waals surface area (Å²) in [7, 11) is 0. The summed E-state index contributed by atoms with van der Waals surface area (Å²) in [5, 5.41) is 4.45. The van der Waals surface area contributed by atoms with Gasteiger partial charge in [-0.3, -0.25) is 0 Å². The van der Waals surface area contributed by atoms with Gasteiger partial charge in [-0.25, -0.2) is 0 Å². The van der Waals surface area contributed by atoms with Crippen LogP contribution in [0.15, 0.2) is 0 Å². The third kappa shape index (κ3) is 4.43.